The van der Waals surface area contributed by atoms with E-state index >= 15 is 0 Å². The second kappa shape index (κ2) is 9.19. The summed E-state index contributed by atoms with van der Waals surface area (Å²) in [5, 5.41) is 2.87. The van der Waals surface area contributed by atoms with Crippen molar-refractivity contribution in [3.8, 4) is 0 Å². The first-order chi connectivity index (χ1) is 12.3. The summed E-state index contributed by atoms with van der Waals surface area (Å²) in [4.78, 5) is 12.3. The number of benzene rings is 1. The largest absolute Gasteiger partial charge is 0.416 e. The molecule has 2 rings (SSSR count). The van der Waals surface area contributed by atoms with Crippen molar-refractivity contribution >= 4 is 5.91 Å². The highest BCUT2D eigenvalue weighted by Crippen LogP contribution is 2.29. The smallest absolute Gasteiger partial charge is 0.379 e. The predicted octanol–water partition coefficient (Wildman–Crippen LogP) is 3.50. The number of allylic oxidation sites excluding steroid dienone is 1. The van der Waals surface area contributed by atoms with E-state index in [0.717, 1.165) is 17.7 Å². The van der Waals surface area contributed by atoms with Gasteiger partial charge in [-0.3, -0.25) is 4.79 Å². The lowest BCUT2D eigenvalue weighted by Crippen LogP contribution is -2.50. The van der Waals surface area contributed by atoms with E-state index in [1.165, 1.54) is 12.1 Å². The van der Waals surface area contributed by atoms with Crippen LogP contribution in [0.4, 0.5) is 13.2 Å². The molecule has 1 aliphatic rings. The zero-order chi connectivity index (χ0) is 19.2. The second-order valence-electron chi connectivity index (χ2n) is 6.57. The Morgan fingerprint density at radius 2 is 2.15 bits per heavy atom. The third-order valence-electron chi connectivity index (χ3n) is 4.07. The first-order valence-electron chi connectivity index (χ1n) is 8.54. The van der Waals surface area contributed by atoms with Crippen LogP contribution in [0, 0.1) is 0 Å². The van der Waals surface area contributed by atoms with Crippen molar-refractivity contribution in [1.82, 2.24) is 5.32 Å². The summed E-state index contributed by atoms with van der Waals surface area (Å²) in [5.41, 5.74) is 0.704. The molecule has 1 saturated heterocycles. The number of rotatable bonds is 6. The molecule has 0 bridgehead atoms. The lowest BCUT2D eigenvalue weighted by Gasteiger charge is -2.32. The van der Waals surface area contributed by atoms with E-state index in [-0.39, 0.29) is 24.5 Å². The molecular formula is C19H24F3NO3. The number of nitrogens with one attached hydrogen (secondary N) is 1. The van der Waals surface area contributed by atoms with Gasteiger partial charge in [0.25, 0.3) is 0 Å². The fourth-order valence-corrected chi connectivity index (χ4v) is 2.68. The summed E-state index contributed by atoms with van der Waals surface area (Å²) < 4.78 is 49.5. The molecule has 0 spiro atoms. The number of carbonyl (C=O) groups is 1. The van der Waals surface area contributed by atoms with Gasteiger partial charge in [-0.25, -0.2) is 0 Å². The van der Waals surface area contributed by atoms with Gasteiger partial charge in [-0.2, -0.15) is 13.2 Å². The van der Waals surface area contributed by atoms with Crippen LogP contribution in [-0.2, 0) is 26.9 Å². The summed E-state index contributed by atoms with van der Waals surface area (Å²) in [5.74, 6) is -0.327. The van der Waals surface area contributed by atoms with Crippen LogP contribution < -0.4 is 5.32 Å². The second-order valence-corrected chi connectivity index (χ2v) is 6.57. The van der Waals surface area contributed by atoms with Gasteiger partial charge in [0.15, 0.2) is 0 Å². The molecule has 4 nitrogen and oxygen atoms in total. The lowest BCUT2D eigenvalue weighted by atomic mass is 10.0. The van der Waals surface area contributed by atoms with Crippen LogP contribution in [0.25, 0.3) is 0 Å². The molecule has 1 amide bonds. The number of carbonyl (C=O) groups excluding carboxylic acids is 1. The van der Waals surface area contributed by atoms with Gasteiger partial charge in [-0.15, -0.1) is 0 Å². The summed E-state index contributed by atoms with van der Waals surface area (Å²) in [6, 6.07) is 4.61. The zero-order valence-electron chi connectivity index (χ0n) is 14.9. The Hall–Kier alpha value is -1.86. The SMILES string of the molecule is CC(C)=CCO[C@@H]1COCC[C@H]1NC(=O)Cc1cccc(C(F)(F)F)c1. The highest BCUT2D eigenvalue weighted by molar-refractivity contribution is 5.79. The van der Waals surface area contributed by atoms with Gasteiger partial charge in [0.2, 0.25) is 5.91 Å². The highest BCUT2D eigenvalue weighted by Gasteiger charge is 2.31. The molecule has 1 N–H and O–H groups in total. The van der Waals surface area contributed by atoms with Crippen LogP contribution in [0.1, 0.15) is 31.4 Å². The molecule has 0 unspecified atom stereocenters. The quantitative estimate of drug-likeness (QED) is 0.779. The first kappa shape index (κ1) is 20.5. The molecule has 1 aromatic rings. The van der Waals surface area contributed by atoms with Gasteiger partial charge in [0.1, 0.15) is 6.10 Å². The molecule has 0 radical (unpaired) electrons. The number of hydrogen-bond acceptors (Lipinski definition) is 3. The monoisotopic (exact) mass is 371 g/mol. The Balaban J connectivity index is 1.94. The maximum absolute atomic E-state index is 12.8. The predicted molar refractivity (Wildman–Crippen MR) is 91.7 cm³/mol. The van der Waals surface area contributed by atoms with E-state index in [9.17, 15) is 18.0 Å². The summed E-state index contributed by atoms with van der Waals surface area (Å²) in [6.45, 7) is 5.25. The van der Waals surface area contributed by atoms with E-state index in [1.54, 1.807) is 0 Å². The van der Waals surface area contributed by atoms with Crippen molar-refractivity contribution in [3.63, 3.8) is 0 Å². The molecule has 0 saturated carbocycles. The van der Waals surface area contributed by atoms with Crippen molar-refractivity contribution < 1.29 is 27.4 Å². The number of amides is 1. The molecule has 1 fully saturated rings. The molecule has 7 heteroatoms. The van der Waals surface area contributed by atoms with Crippen molar-refractivity contribution in [2.45, 2.75) is 45.0 Å². The van der Waals surface area contributed by atoms with Crippen LogP contribution in [-0.4, -0.2) is 37.9 Å². The molecule has 1 aromatic carbocycles. The van der Waals surface area contributed by atoms with Gasteiger partial charge < -0.3 is 14.8 Å². The minimum absolute atomic E-state index is 0.109. The van der Waals surface area contributed by atoms with Crippen molar-refractivity contribution in [1.29, 1.82) is 0 Å². The standard InChI is InChI=1S/C19H24F3NO3/c1-13(2)6-9-26-17-12-25-8-7-16(17)23-18(24)11-14-4-3-5-15(10-14)19(20,21)22/h3-6,10,16-17H,7-9,11-12H2,1-2H3,(H,23,24)/t16-,17-/m1/s1. The Labute approximate surface area is 151 Å². The Morgan fingerprint density at radius 3 is 2.85 bits per heavy atom. The molecule has 144 valence electrons. The van der Waals surface area contributed by atoms with E-state index < -0.39 is 11.7 Å². The van der Waals surface area contributed by atoms with E-state index in [0.29, 0.717) is 31.8 Å². The first-order valence-corrected chi connectivity index (χ1v) is 8.54. The maximum atomic E-state index is 12.8. The Bertz CT molecular complexity index is 639. The van der Waals surface area contributed by atoms with Gasteiger partial charge in [0.05, 0.1) is 31.2 Å². The van der Waals surface area contributed by atoms with Gasteiger partial charge in [-0.1, -0.05) is 29.8 Å². The molecule has 26 heavy (non-hydrogen) atoms. The summed E-state index contributed by atoms with van der Waals surface area (Å²) >= 11 is 0. The molecule has 0 aromatic heterocycles. The van der Waals surface area contributed by atoms with Crippen molar-refractivity contribution in [3.05, 3.63) is 47.0 Å². The third-order valence-corrected chi connectivity index (χ3v) is 4.07. The maximum Gasteiger partial charge on any atom is 0.416 e. The van der Waals surface area contributed by atoms with Crippen molar-refractivity contribution in [2.75, 3.05) is 19.8 Å². The van der Waals surface area contributed by atoms with Crippen molar-refractivity contribution in [2.24, 2.45) is 0 Å². The number of halogens is 3. The van der Waals surface area contributed by atoms with Gasteiger partial charge >= 0.3 is 6.18 Å². The van der Waals surface area contributed by atoms with Crippen LogP contribution in [0.2, 0.25) is 0 Å². The number of hydrogen-bond donors (Lipinski definition) is 1. The Morgan fingerprint density at radius 1 is 1.38 bits per heavy atom. The molecule has 0 aliphatic carbocycles. The number of ether oxygens (including phenoxy) is 2. The topological polar surface area (TPSA) is 47.6 Å². The average Bonchev–Trinajstić information content (AvgIpc) is 2.55. The normalized spacial score (nSPS) is 20.5. The minimum Gasteiger partial charge on any atom is -0.379 e. The molecule has 1 heterocycles. The van der Waals surface area contributed by atoms with Crippen LogP contribution in [0.3, 0.4) is 0 Å². The fourth-order valence-electron chi connectivity index (χ4n) is 2.68. The molecule has 2 atom stereocenters. The highest BCUT2D eigenvalue weighted by atomic mass is 19.4. The van der Waals surface area contributed by atoms with Crippen LogP contribution >= 0.6 is 0 Å². The molecule has 1 aliphatic heterocycles. The van der Waals surface area contributed by atoms with Gasteiger partial charge in [0, 0.05) is 6.61 Å². The fraction of sp³-hybridized carbons (Fsp3) is 0.526. The third kappa shape index (κ3) is 6.46. The van der Waals surface area contributed by atoms with Gasteiger partial charge in [-0.05, 0) is 31.9 Å². The van der Waals surface area contributed by atoms with E-state index in [4.69, 9.17) is 9.47 Å². The zero-order valence-corrected chi connectivity index (χ0v) is 14.9. The number of alkyl halides is 3. The van der Waals surface area contributed by atoms with E-state index in [2.05, 4.69) is 5.32 Å². The summed E-state index contributed by atoms with van der Waals surface area (Å²) in [7, 11) is 0. The van der Waals surface area contributed by atoms with Crippen LogP contribution in [0.5, 0.6) is 0 Å². The minimum atomic E-state index is -4.42. The van der Waals surface area contributed by atoms with E-state index in [1.807, 2.05) is 19.9 Å². The summed E-state index contributed by atoms with van der Waals surface area (Å²) in [6.07, 6.45) is -2.26. The van der Waals surface area contributed by atoms with Crippen LogP contribution in [0.15, 0.2) is 35.9 Å². The lowest BCUT2D eigenvalue weighted by molar-refractivity contribution is -0.137. The molecular weight excluding hydrogens is 347 g/mol. The average molecular weight is 371 g/mol. The Kier molecular flexibility index (Phi) is 7.23.